The zero-order valence-electron chi connectivity index (χ0n) is 4.85. The minimum Gasteiger partial charge on any atom is -0.385 e. The summed E-state index contributed by atoms with van der Waals surface area (Å²) in [4.78, 5) is 0. The molecule has 0 aliphatic carbocycles. The lowest BCUT2D eigenvalue weighted by Gasteiger charge is -2.16. The molecule has 2 nitrogen and oxygen atoms in total. The number of rotatable bonds is 3. The third kappa shape index (κ3) is 2.93. The maximum Gasteiger partial charge on any atom is 0.120 e. The highest BCUT2D eigenvalue weighted by Crippen LogP contribution is 2.01. The van der Waals surface area contributed by atoms with Crippen LogP contribution in [0.25, 0.3) is 0 Å². The Morgan fingerprint density at radius 1 is 1.88 bits per heavy atom. The zero-order valence-corrected chi connectivity index (χ0v) is 4.85. The molecule has 0 amide bonds. The predicted molar refractivity (Wildman–Crippen MR) is 28.2 cm³/mol. The van der Waals surface area contributed by atoms with Crippen LogP contribution in [0.4, 0.5) is 4.39 Å². The van der Waals surface area contributed by atoms with Gasteiger partial charge in [-0.05, 0) is 6.92 Å². The smallest absolute Gasteiger partial charge is 0.120 e. The highest BCUT2D eigenvalue weighted by molar-refractivity contribution is 4.79. The van der Waals surface area contributed by atoms with Crippen LogP contribution in [-0.2, 0) is 4.74 Å². The molecule has 1 N–H and O–H groups in total. The molecular formula is C5H10FO2. The first kappa shape index (κ1) is 7.85. The van der Waals surface area contributed by atoms with Gasteiger partial charge >= 0.3 is 0 Å². The van der Waals surface area contributed by atoms with E-state index < -0.39 is 12.3 Å². The maximum atomic E-state index is 11.6. The van der Waals surface area contributed by atoms with Crippen molar-refractivity contribution >= 4 is 0 Å². The van der Waals surface area contributed by atoms with Gasteiger partial charge in [-0.3, -0.25) is 0 Å². The second-order valence-electron chi connectivity index (χ2n) is 1.79. The number of methoxy groups -OCH3 is 1. The lowest BCUT2D eigenvalue weighted by atomic mass is 10.1. The van der Waals surface area contributed by atoms with Gasteiger partial charge in [0.2, 0.25) is 0 Å². The zero-order chi connectivity index (χ0) is 6.62. The molecule has 0 aliphatic heterocycles. The van der Waals surface area contributed by atoms with Crippen molar-refractivity contribution in [2.24, 2.45) is 0 Å². The van der Waals surface area contributed by atoms with Gasteiger partial charge in [0.05, 0.1) is 6.61 Å². The van der Waals surface area contributed by atoms with Crippen LogP contribution in [-0.4, -0.2) is 31.1 Å². The van der Waals surface area contributed by atoms with Gasteiger partial charge in [-0.25, -0.2) is 4.39 Å². The SMILES string of the molecule is [CH2]C(O)(CF)COC. The first-order chi connectivity index (χ1) is 3.62. The Morgan fingerprint density at radius 3 is 2.50 bits per heavy atom. The number of aliphatic hydroxyl groups is 1. The van der Waals surface area contributed by atoms with Crippen molar-refractivity contribution in [3.05, 3.63) is 6.92 Å². The van der Waals surface area contributed by atoms with Crippen LogP contribution < -0.4 is 0 Å². The van der Waals surface area contributed by atoms with Crippen molar-refractivity contribution in [2.45, 2.75) is 5.60 Å². The molecular weight excluding hydrogens is 111 g/mol. The van der Waals surface area contributed by atoms with Gasteiger partial charge in [0, 0.05) is 7.11 Å². The summed E-state index contributed by atoms with van der Waals surface area (Å²) in [6, 6.07) is 0. The molecule has 0 bridgehead atoms. The van der Waals surface area contributed by atoms with Crippen molar-refractivity contribution in [2.75, 3.05) is 20.4 Å². The fourth-order valence-electron chi connectivity index (χ4n) is 0.307. The van der Waals surface area contributed by atoms with Crippen LogP contribution in [0.5, 0.6) is 0 Å². The largest absolute Gasteiger partial charge is 0.385 e. The molecule has 0 aromatic heterocycles. The second-order valence-corrected chi connectivity index (χ2v) is 1.79. The number of ether oxygens (including phenoxy) is 1. The molecule has 0 saturated heterocycles. The van der Waals surface area contributed by atoms with Crippen molar-refractivity contribution in [1.29, 1.82) is 0 Å². The Bertz CT molecular complexity index is 63.4. The van der Waals surface area contributed by atoms with E-state index in [0.717, 1.165) is 0 Å². The molecule has 49 valence electrons. The summed E-state index contributed by atoms with van der Waals surface area (Å²) in [7, 11) is 1.38. The highest BCUT2D eigenvalue weighted by Gasteiger charge is 2.18. The van der Waals surface area contributed by atoms with E-state index in [1.165, 1.54) is 7.11 Å². The number of hydrogen-bond acceptors (Lipinski definition) is 2. The summed E-state index contributed by atoms with van der Waals surface area (Å²) < 4.78 is 16.0. The average molecular weight is 121 g/mol. The molecule has 8 heavy (non-hydrogen) atoms. The van der Waals surface area contributed by atoms with Crippen LogP contribution in [0.1, 0.15) is 0 Å². The van der Waals surface area contributed by atoms with Crippen LogP contribution in [0.3, 0.4) is 0 Å². The molecule has 0 aromatic rings. The van der Waals surface area contributed by atoms with Crippen LogP contribution in [0, 0.1) is 6.92 Å². The van der Waals surface area contributed by atoms with E-state index in [-0.39, 0.29) is 6.61 Å². The summed E-state index contributed by atoms with van der Waals surface area (Å²) >= 11 is 0. The molecule has 1 unspecified atom stereocenters. The maximum absolute atomic E-state index is 11.6. The fourth-order valence-corrected chi connectivity index (χ4v) is 0.307. The molecule has 0 saturated carbocycles. The molecule has 3 heteroatoms. The van der Waals surface area contributed by atoms with Gasteiger partial charge in [0.1, 0.15) is 12.3 Å². The van der Waals surface area contributed by atoms with Gasteiger partial charge in [-0.15, -0.1) is 0 Å². The number of halogens is 1. The van der Waals surface area contributed by atoms with Crippen molar-refractivity contribution in [3.8, 4) is 0 Å². The third-order valence-electron chi connectivity index (χ3n) is 0.662. The van der Waals surface area contributed by atoms with Crippen LogP contribution in [0.15, 0.2) is 0 Å². The molecule has 0 spiro atoms. The molecule has 0 aromatic carbocycles. The Hall–Kier alpha value is -0.150. The molecule has 0 aliphatic rings. The van der Waals surface area contributed by atoms with Crippen LogP contribution in [0.2, 0.25) is 0 Å². The van der Waals surface area contributed by atoms with E-state index in [0.29, 0.717) is 0 Å². The second kappa shape index (κ2) is 2.99. The topological polar surface area (TPSA) is 29.5 Å². The van der Waals surface area contributed by atoms with Gasteiger partial charge in [-0.2, -0.15) is 0 Å². The predicted octanol–water partition coefficient (Wildman–Crippen LogP) is 0.167. The minimum absolute atomic E-state index is 0.0660. The van der Waals surface area contributed by atoms with Crippen LogP contribution >= 0.6 is 0 Å². The van der Waals surface area contributed by atoms with Gasteiger partial charge in [0.25, 0.3) is 0 Å². The standard InChI is InChI=1S/C5H10FO2/c1-5(7,3-6)4-8-2/h7H,1,3-4H2,2H3. The van der Waals surface area contributed by atoms with Gasteiger partial charge < -0.3 is 9.84 Å². The summed E-state index contributed by atoms with van der Waals surface area (Å²) in [6.07, 6.45) is 0. The van der Waals surface area contributed by atoms with Crippen molar-refractivity contribution in [1.82, 2.24) is 0 Å². The lowest BCUT2D eigenvalue weighted by molar-refractivity contribution is -0.0126. The van der Waals surface area contributed by atoms with E-state index >= 15 is 0 Å². The molecule has 1 atom stereocenters. The third-order valence-corrected chi connectivity index (χ3v) is 0.662. The van der Waals surface area contributed by atoms with E-state index in [1.54, 1.807) is 0 Å². The van der Waals surface area contributed by atoms with Crippen molar-refractivity contribution in [3.63, 3.8) is 0 Å². The molecule has 0 heterocycles. The Balaban J connectivity index is 3.37. The van der Waals surface area contributed by atoms with E-state index in [4.69, 9.17) is 5.11 Å². The lowest BCUT2D eigenvalue weighted by Crippen LogP contribution is -2.32. The number of alkyl halides is 1. The Kier molecular flexibility index (Phi) is 2.94. The Labute approximate surface area is 48.3 Å². The normalized spacial score (nSPS) is 18.0. The molecule has 0 fully saturated rings. The van der Waals surface area contributed by atoms with E-state index in [1.807, 2.05) is 0 Å². The summed E-state index contributed by atoms with van der Waals surface area (Å²) in [5.74, 6) is 0. The van der Waals surface area contributed by atoms with E-state index in [2.05, 4.69) is 11.7 Å². The summed E-state index contributed by atoms with van der Waals surface area (Å²) in [5.41, 5.74) is -1.55. The van der Waals surface area contributed by atoms with Gasteiger partial charge in [-0.1, -0.05) is 0 Å². The van der Waals surface area contributed by atoms with E-state index in [9.17, 15) is 4.39 Å². The molecule has 1 radical (unpaired) electrons. The number of hydrogen-bond donors (Lipinski definition) is 1. The average Bonchev–Trinajstić information content (AvgIpc) is 1.67. The summed E-state index contributed by atoms with van der Waals surface area (Å²) in [6.45, 7) is 2.19. The highest BCUT2D eigenvalue weighted by atomic mass is 19.1. The van der Waals surface area contributed by atoms with Crippen molar-refractivity contribution < 1.29 is 14.2 Å². The minimum atomic E-state index is -1.55. The Morgan fingerprint density at radius 2 is 2.38 bits per heavy atom. The monoisotopic (exact) mass is 121 g/mol. The first-order valence-electron chi connectivity index (χ1n) is 2.25. The fraction of sp³-hybridized carbons (Fsp3) is 0.800. The summed E-state index contributed by atoms with van der Waals surface area (Å²) in [5, 5.41) is 8.71. The quantitative estimate of drug-likeness (QED) is 0.576. The molecule has 0 rings (SSSR count). The van der Waals surface area contributed by atoms with Gasteiger partial charge in [0.15, 0.2) is 0 Å². The first-order valence-corrected chi connectivity index (χ1v) is 2.25.